The van der Waals surface area contributed by atoms with E-state index in [2.05, 4.69) is 13.8 Å². The van der Waals surface area contributed by atoms with E-state index in [1.165, 1.54) is 0 Å². The molecule has 3 atom stereocenters. The number of ether oxygens (including phenoxy) is 1. The zero-order valence-electron chi connectivity index (χ0n) is 7.25. The van der Waals surface area contributed by atoms with E-state index in [0.29, 0.717) is 24.5 Å². The van der Waals surface area contributed by atoms with E-state index in [4.69, 9.17) is 4.74 Å². The molecule has 0 spiro atoms. The van der Waals surface area contributed by atoms with Crippen molar-refractivity contribution >= 4 is 6.29 Å². The monoisotopic (exact) mass is 156 g/mol. The first-order valence-electron chi connectivity index (χ1n) is 4.33. The highest BCUT2D eigenvalue weighted by Crippen LogP contribution is 2.25. The third-order valence-corrected chi connectivity index (χ3v) is 2.37. The molecule has 11 heavy (non-hydrogen) atoms. The molecule has 0 radical (unpaired) electrons. The molecule has 1 rings (SSSR count). The average molecular weight is 156 g/mol. The number of aldehydes is 1. The van der Waals surface area contributed by atoms with Gasteiger partial charge >= 0.3 is 0 Å². The normalized spacial score (nSPS) is 33.6. The second-order valence-corrected chi connectivity index (χ2v) is 3.44. The van der Waals surface area contributed by atoms with Crippen LogP contribution < -0.4 is 0 Å². The predicted octanol–water partition coefficient (Wildman–Crippen LogP) is 1.78. The second kappa shape index (κ2) is 3.86. The molecule has 3 unspecified atom stereocenters. The Morgan fingerprint density at radius 1 is 1.64 bits per heavy atom. The van der Waals surface area contributed by atoms with Crippen molar-refractivity contribution in [2.24, 2.45) is 5.92 Å². The van der Waals surface area contributed by atoms with Crippen LogP contribution in [0.25, 0.3) is 0 Å². The Bertz CT molecular complexity index is 134. The third kappa shape index (κ3) is 2.29. The van der Waals surface area contributed by atoms with E-state index in [1.807, 2.05) is 0 Å². The fourth-order valence-electron chi connectivity index (χ4n) is 1.56. The van der Waals surface area contributed by atoms with Gasteiger partial charge in [0.1, 0.15) is 6.29 Å². The highest BCUT2D eigenvalue weighted by molar-refractivity contribution is 5.49. The van der Waals surface area contributed by atoms with E-state index in [1.54, 1.807) is 0 Å². The van der Waals surface area contributed by atoms with Crippen molar-refractivity contribution in [3.8, 4) is 0 Å². The van der Waals surface area contributed by atoms with Gasteiger partial charge in [0.25, 0.3) is 0 Å². The largest absolute Gasteiger partial charge is 0.375 e. The molecule has 1 aliphatic heterocycles. The summed E-state index contributed by atoms with van der Waals surface area (Å²) in [6.07, 6.45) is 4.61. The molecule has 2 heteroatoms. The Labute approximate surface area is 67.9 Å². The molecule has 0 saturated carbocycles. The van der Waals surface area contributed by atoms with E-state index in [-0.39, 0.29) is 0 Å². The second-order valence-electron chi connectivity index (χ2n) is 3.44. The first-order chi connectivity index (χ1) is 5.24. The highest BCUT2D eigenvalue weighted by Gasteiger charge is 2.26. The van der Waals surface area contributed by atoms with Gasteiger partial charge in [-0.25, -0.2) is 0 Å². The van der Waals surface area contributed by atoms with Gasteiger partial charge in [0, 0.05) is 6.42 Å². The van der Waals surface area contributed by atoms with Crippen molar-refractivity contribution in [3.05, 3.63) is 0 Å². The van der Waals surface area contributed by atoms with E-state index >= 15 is 0 Å². The van der Waals surface area contributed by atoms with Crippen molar-refractivity contribution in [3.63, 3.8) is 0 Å². The zero-order valence-corrected chi connectivity index (χ0v) is 7.25. The van der Waals surface area contributed by atoms with E-state index < -0.39 is 0 Å². The van der Waals surface area contributed by atoms with Gasteiger partial charge in [-0.1, -0.05) is 6.92 Å². The van der Waals surface area contributed by atoms with E-state index in [9.17, 15) is 4.79 Å². The van der Waals surface area contributed by atoms with Gasteiger partial charge in [0.05, 0.1) is 12.2 Å². The molecule has 1 heterocycles. The van der Waals surface area contributed by atoms with Crippen LogP contribution in [0.4, 0.5) is 0 Å². The number of carbonyl (C=O) groups excluding carboxylic acids is 1. The number of rotatable bonds is 3. The van der Waals surface area contributed by atoms with Crippen LogP contribution in [0.15, 0.2) is 0 Å². The Kier molecular flexibility index (Phi) is 3.06. The minimum Gasteiger partial charge on any atom is -0.375 e. The smallest absolute Gasteiger partial charge is 0.120 e. The molecule has 0 amide bonds. The quantitative estimate of drug-likeness (QED) is 0.582. The summed E-state index contributed by atoms with van der Waals surface area (Å²) in [6, 6.07) is 0. The lowest BCUT2D eigenvalue weighted by Crippen LogP contribution is -2.18. The molecule has 0 aromatic rings. The maximum absolute atomic E-state index is 10.2. The minimum absolute atomic E-state index is 0.329. The Morgan fingerprint density at radius 2 is 2.36 bits per heavy atom. The van der Waals surface area contributed by atoms with Crippen molar-refractivity contribution in [2.75, 3.05) is 0 Å². The number of hydrogen-bond acceptors (Lipinski definition) is 2. The summed E-state index contributed by atoms with van der Waals surface area (Å²) >= 11 is 0. The lowest BCUT2D eigenvalue weighted by atomic mass is 9.99. The summed E-state index contributed by atoms with van der Waals surface area (Å²) in [5, 5.41) is 0. The van der Waals surface area contributed by atoms with Gasteiger partial charge in [-0.2, -0.15) is 0 Å². The molecule has 1 saturated heterocycles. The third-order valence-electron chi connectivity index (χ3n) is 2.37. The molecule has 1 fully saturated rings. The standard InChI is InChI=1S/C9H16O2/c1-7(5-6-10)9-4-3-8(2)11-9/h6-9H,3-5H2,1-2H3. The molecular weight excluding hydrogens is 140 g/mol. The van der Waals surface area contributed by atoms with Gasteiger partial charge in [-0.05, 0) is 25.7 Å². The summed E-state index contributed by atoms with van der Waals surface area (Å²) in [7, 11) is 0. The molecular formula is C9H16O2. The SMILES string of the molecule is CC1CCC(C(C)CC=O)O1. The zero-order chi connectivity index (χ0) is 8.27. The summed E-state index contributed by atoms with van der Waals surface area (Å²) in [5.74, 6) is 0.400. The molecule has 2 nitrogen and oxygen atoms in total. The van der Waals surface area contributed by atoms with Crippen LogP contribution in [0.2, 0.25) is 0 Å². The van der Waals surface area contributed by atoms with Crippen molar-refractivity contribution in [1.82, 2.24) is 0 Å². The van der Waals surface area contributed by atoms with Crippen molar-refractivity contribution in [1.29, 1.82) is 0 Å². The topological polar surface area (TPSA) is 26.3 Å². The van der Waals surface area contributed by atoms with E-state index in [0.717, 1.165) is 19.1 Å². The maximum Gasteiger partial charge on any atom is 0.120 e. The Hall–Kier alpha value is -0.370. The predicted molar refractivity (Wildman–Crippen MR) is 43.4 cm³/mol. The summed E-state index contributed by atoms with van der Waals surface area (Å²) in [4.78, 5) is 10.2. The van der Waals surface area contributed by atoms with Gasteiger partial charge in [0.15, 0.2) is 0 Å². The molecule has 0 aromatic heterocycles. The number of carbonyl (C=O) groups is 1. The van der Waals surface area contributed by atoms with Crippen molar-refractivity contribution < 1.29 is 9.53 Å². The summed E-state index contributed by atoms with van der Waals surface area (Å²) in [5.41, 5.74) is 0. The summed E-state index contributed by atoms with van der Waals surface area (Å²) in [6.45, 7) is 4.17. The molecule has 0 aliphatic carbocycles. The fraction of sp³-hybridized carbons (Fsp3) is 0.889. The van der Waals surface area contributed by atoms with Gasteiger partial charge < -0.3 is 9.53 Å². The molecule has 0 N–H and O–H groups in total. The fourth-order valence-corrected chi connectivity index (χ4v) is 1.56. The van der Waals surface area contributed by atoms with Gasteiger partial charge in [-0.3, -0.25) is 0 Å². The van der Waals surface area contributed by atoms with Crippen molar-refractivity contribution in [2.45, 2.75) is 45.3 Å². The number of hydrogen-bond donors (Lipinski definition) is 0. The first kappa shape index (κ1) is 8.72. The molecule has 1 aliphatic rings. The Balaban J connectivity index is 2.30. The van der Waals surface area contributed by atoms with Crippen LogP contribution in [0, 0.1) is 5.92 Å². The Morgan fingerprint density at radius 3 is 2.82 bits per heavy atom. The molecule has 0 bridgehead atoms. The summed E-state index contributed by atoms with van der Waals surface area (Å²) < 4.78 is 5.62. The lowest BCUT2D eigenvalue weighted by molar-refractivity contribution is -0.109. The van der Waals surface area contributed by atoms with Crippen LogP contribution in [-0.4, -0.2) is 18.5 Å². The highest BCUT2D eigenvalue weighted by atomic mass is 16.5. The first-order valence-corrected chi connectivity index (χ1v) is 4.33. The van der Waals surface area contributed by atoms with Crippen LogP contribution in [0.3, 0.4) is 0 Å². The molecule has 0 aromatic carbocycles. The maximum atomic E-state index is 10.2. The minimum atomic E-state index is 0.329. The molecule has 64 valence electrons. The van der Waals surface area contributed by atoms with Crippen LogP contribution in [0.1, 0.15) is 33.1 Å². The van der Waals surface area contributed by atoms with Crippen LogP contribution in [0.5, 0.6) is 0 Å². The van der Waals surface area contributed by atoms with Crippen LogP contribution in [-0.2, 0) is 9.53 Å². The van der Waals surface area contributed by atoms with Crippen LogP contribution >= 0.6 is 0 Å². The van der Waals surface area contributed by atoms with Gasteiger partial charge in [-0.15, -0.1) is 0 Å². The van der Waals surface area contributed by atoms with Gasteiger partial charge in [0.2, 0.25) is 0 Å². The lowest BCUT2D eigenvalue weighted by Gasteiger charge is -2.16. The average Bonchev–Trinajstić information content (AvgIpc) is 2.36.